The zero-order chi connectivity index (χ0) is 19.1. The second kappa shape index (κ2) is 8.95. The number of rotatable bonds is 7. The molecule has 26 heavy (non-hydrogen) atoms. The average molecular weight is 364 g/mol. The maximum absolute atomic E-state index is 13.2. The van der Waals surface area contributed by atoms with Crippen LogP contribution in [0.4, 0.5) is 14.6 Å². The number of amides is 2. The molecule has 0 aliphatic carbocycles. The molecule has 0 radical (unpaired) electrons. The number of nitrogens with zero attached hydrogens (tertiary/aromatic N) is 2. The molecular formula is C17H18F2N4O3. The van der Waals surface area contributed by atoms with Gasteiger partial charge in [-0.25, -0.2) is 13.8 Å². The van der Waals surface area contributed by atoms with E-state index in [1.54, 1.807) is 0 Å². The molecule has 0 spiro atoms. The molecule has 2 amide bonds. The van der Waals surface area contributed by atoms with Crippen molar-refractivity contribution in [3.63, 3.8) is 0 Å². The van der Waals surface area contributed by atoms with Crippen LogP contribution in [0.5, 0.6) is 0 Å². The number of anilines is 1. The molecule has 0 fully saturated rings. The zero-order valence-electron chi connectivity index (χ0n) is 13.9. The van der Waals surface area contributed by atoms with Crippen LogP contribution in [0, 0.1) is 11.6 Å². The fraction of sp³-hybridized carbons (Fsp3) is 0.294. The first-order chi connectivity index (χ1) is 12.4. The van der Waals surface area contributed by atoms with E-state index >= 15 is 0 Å². The van der Waals surface area contributed by atoms with Gasteiger partial charge in [-0.15, -0.1) is 0 Å². The Kier molecular flexibility index (Phi) is 6.67. The van der Waals surface area contributed by atoms with Crippen LogP contribution in [0.25, 0.3) is 0 Å². The lowest BCUT2D eigenvalue weighted by atomic mass is 10.1. The van der Waals surface area contributed by atoms with Crippen molar-refractivity contribution in [2.24, 2.45) is 0 Å². The summed E-state index contributed by atoms with van der Waals surface area (Å²) in [6.45, 7) is 1.81. The van der Waals surface area contributed by atoms with Crippen molar-refractivity contribution in [3.05, 3.63) is 54.0 Å². The molecule has 0 bridgehead atoms. The van der Waals surface area contributed by atoms with Crippen molar-refractivity contribution in [2.75, 3.05) is 5.32 Å². The first-order valence-electron chi connectivity index (χ1n) is 7.92. The molecule has 1 aromatic carbocycles. The molecule has 2 rings (SSSR count). The van der Waals surface area contributed by atoms with E-state index in [0.29, 0.717) is 18.9 Å². The Balaban J connectivity index is 2.07. The summed E-state index contributed by atoms with van der Waals surface area (Å²) in [5.74, 6) is -3.11. The molecule has 2 aromatic rings. The predicted molar refractivity (Wildman–Crippen MR) is 88.8 cm³/mol. The van der Waals surface area contributed by atoms with E-state index in [1.165, 1.54) is 18.6 Å². The Morgan fingerprint density at radius 3 is 2.42 bits per heavy atom. The van der Waals surface area contributed by atoms with Crippen molar-refractivity contribution in [1.82, 2.24) is 15.3 Å². The van der Waals surface area contributed by atoms with Gasteiger partial charge in [-0.3, -0.25) is 14.6 Å². The number of aliphatic hydroxyl groups excluding tert-OH is 1. The topological polar surface area (TPSA) is 104 Å². The third-order valence-electron chi connectivity index (χ3n) is 3.47. The second-order valence-electron chi connectivity index (χ2n) is 5.54. The Morgan fingerprint density at radius 1 is 1.15 bits per heavy atom. The second-order valence-corrected chi connectivity index (χ2v) is 5.54. The molecule has 1 unspecified atom stereocenters. The van der Waals surface area contributed by atoms with Crippen molar-refractivity contribution >= 4 is 17.6 Å². The van der Waals surface area contributed by atoms with E-state index in [2.05, 4.69) is 20.6 Å². The SMILES string of the molecule is CCCC(NC(=O)[C@@H](O)c1cc(F)cc(F)c1)C(=O)Nc1cnccn1. The number of hydrogen-bond donors (Lipinski definition) is 3. The average Bonchev–Trinajstić information content (AvgIpc) is 2.60. The normalized spacial score (nSPS) is 12.9. The summed E-state index contributed by atoms with van der Waals surface area (Å²) in [6.07, 6.45) is 3.23. The maximum Gasteiger partial charge on any atom is 0.254 e. The van der Waals surface area contributed by atoms with Crippen LogP contribution in [0.3, 0.4) is 0 Å². The van der Waals surface area contributed by atoms with Crippen LogP contribution < -0.4 is 10.6 Å². The van der Waals surface area contributed by atoms with Crippen LogP contribution in [0.1, 0.15) is 31.4 Å². The minimum Gasteiger partial charge on any atom is -0.378 e. The Morgan fingerprint density at radius 2 is 1.85 bits per heavy atom. The first-order valence-corrected chi connectivity index (χ1v) is 7.92. The van der Waals surface area contributed by atoms with Gasteiger partial charge in [-0.05, 0) is 24.1 Å². The summed E-state index contributed by atoms with van der Waals surface area (Å²) < 4.78 is 26.5. The lowest BCUT2D eigenvalue weighted by Gasteiger charge is -2.19. The summed E-state index contributed by atoms with van der Waals surface area (Å²) in [6, 6.07) is 1.37. The highest BCUT2D eigenvalue weighted by Gasteiger charge is 2.25. The molecule has 0 saturated carbocycles. The first kappa shape index (κ1) is 19.4. The van der Waals surface area contributed by atoms with Gasteiger partial charge in [0.1, 0.15) is 17.7 Å². The minimum absolute atomic E-state index is 0.209. The van der Waals surface area contributed by atoms with Crippen molar-refractivity contribution in [1.29, 1.82) is 0 Å². The third kappa shape index (κ3) is 5.28. The van der Waals surface area contributed by atoms with E-state index in [9.17, 15) is 23.5 Å². The fourth-order valence-corrected chi connectivity index (χ4v) is 2.27. The van der Waals surface area contributed by atoms with E-state index in [0.717, 1.165) is 12.1 Å². The van der Waals surface area contributed by atoms with Crippen LogP contribution in [0.2, 0.25) is 0 Å². The number of aromatic nitrogens is 2. The monoisotopic (exact) mass is 364 g/mol. The summed E-state index contributed by atoms with van der Waals surface area (Å²) in [7, 11) is 0. The van der Waals surface area contributed by atoms with E-state index in [1.807, 2.05) is 6.92 Å². The number of halogens is 2. The van der Waals surface area contributed by atoms with Gasteiger partial charge < -0.3 is 15.7 Å². The number of aliphatic hydroxyl groups is 1. The standard InChI is InChI=1S/C17H18F2N4O3/c1-2-3-13(16(25)23-14-9-20-4-5-21-14)22-17(26)15(24)10-6-11(18)8-12(19)7-10/h4-9,13,15,24H,2-3H2,1H3,(H,22,26)(H,21,23,25)/t13?,15-/m0/s1. The number of benzene rings is 1. The van der Waals surface area contributed by atoms with Gasteiger partial charge in [0.2, 0.25) is 5.91 Å². The van der Waals surface area contributed by atoms with Gasteiger partial charge in [-0.1, -0.05) is 13.3 Å². The van der Waals surface area contributed by atoms with Gasteiger partial charge in [0.15, 0.2) is 11.9 Å². The van der Waals surface area contributed by atoms with E-state index in [-0.39, 0.29) is 11.4 Å². The molecule has 0 aliphatic rings. The quantitative estimate of drug-likeness (QED) is 0.694. The number of hydrogen-bond acceptors (Lipinski definition) is 5. The van der Waals surface area contributed by atoms with Gasteiger partial charge in [-0.2, -0.15) is 0 Å². The molecule has 1 aromatic heterocycles. The largest absolute Gasteiger partial charge is 0.378 e. The van der Waals surface area contributed by atoms with Crippen molar-refractivity contribution in [2.45, 2.75) is 31.9 Å². The summed E-state index contributed by atoms with van der Waals surface area (Å²) in [5, 5.41) is 14.9. The number of carbonyl (C=O) groups is 2. The van der Waals surface area contributed by atoms with Gasteiger partial charge in [0.25, 0.3) is 5.91 Å². The highest BCUT2D eigenvalue weighted by atomic mass is 19.1. The summed E-state index contributed by atoms with van der Waals surface area (Å²) in [5.41, 5.74) is -0.246. The Labute approximate surface area is 148 Å². The lowest BCUT2D eigenvalue weighted by molar-refractivity contribution is -0.133. The molecule has 3 N–H and O–H groups in total. The van der Waals surface area contributed by atoms with Gasteiger partial charge in [0, 0.05) is 18.5 Å². The molecule has 9 heteroatoms. The van der Waals surface area contributed by atoms with Crippen LogP contribution in [-0.4, -0.2) is 32.9 Å². The molecule has 138 valence electrons. The molecule has 7 nitrogen and oxygen atoms in total. The van der Waals surface area contributed by atoms with Gasteiger partial charge in [0.05, 0.1) is 6.20 Å². The summed E-state index contributed by atoms with van der Waals surface area (Å²) >= 11 is 0. The van der Waals surface area contributed by atoms with Crippen LogP contribution >= 0.6 is 0 Å². The Bertz CT molecular complexity index is 754. The molecule has 0 aliphatic heterocycles. The minimum atomic E-state index is -1.82. The predicted octanol–water partition coefficient (Wildman–Crippen LogP) is 1.71. The molecule has 2 atom stereocenters. The summed E-state index contributed by atoms with van der Waals surface area (Å²) in [4.78, 5) is 32.2. The van der Waals surface area contributed by atoms with Crippen molar-refractivity contribution < 1.29 is 23.5 Å². The Hall–Kier alpha value is -2.94. The maximum atomic E-state index is 13.2. The van der Waals surface area contributed by atoms with Crippen molar-refractivity contribution in [3.8, 4) is 0 Å². The number of carbonyl (C=O) groups excluding carboxylic acids is 2. The zero-order valence-corrected chi connectivity index (χ0v) is 13.9. The third-order valence-corrected chi connectivity index (χ3v) is 3.47. The van der Waals surface area contributed by atoms with Crippen LogP contribution in [-0.2, 0) is 9.59 Å². The highest BCUT2D eigenvalue weighted by molar-refractivity contribution is 5.97. The molecule has 0 saturated heterocycles. The molecule has 1 heterocycles. The van der Waals surface area contributed by atoms with Gasteiger partial charge >= 0.3 is 0 Å². The fourth-order valence-electron chi connectivity index (χ4n) is 2.27. The number of nitrogens with one attached hydrogen (secondary N) is 2. The smallest absolute Gasteiger partial charge is 0.254 e. The van der Waals surface area contributed by atoms with E-state index < -0.39 is 35.6 Å². The van der Waals surface area contributed by atoms with E-state index in [4.69, 9.17) is 0 Å². The highest BCUT2D eigenvalue weighted by Crippen LogP contribution is 2.17. The van der Waals surface area contributed by atoms with Crippen LogP contribution in [0.15, 0.2) is 36.8 Å². The molecular weight excluding hydrogens is 346 g/mol. The lowest BCUT2D eigenvalue weighted by Crippen LogP contribution is -2.45.